The molecule has 4 aromatic carbocycles. The van der Waals surface area contributed by atoms with Gasteiger partial charge in [0.2, 0.25) is 0 Å². The number of carbonyl (C=O) groups is 1. The molecule has 2 atom stereocenters. The summed E-state index contributed by atoms with van der Waals surface area (Å²) >= 11 is 0. The number of rotatable bonds is 9. The first kappa shape index (κ1) is 23.5. The van der Waals surface area contributed by atoms with Gasteiger partial charge >= 0.3 is 5.97 Å². The zero-order valence-corrected chi connectivity index (χ0v) is 19.8. The molecular weight excluding hydrogens is 418 g/mol. The molecule has 3 heteroatoms. The van der Waals surface area contributed by atoms with Crippen molar-refractivity contribution in [3.8, 4) is 11.1 Å². The Kier molecular flexibility index (Phi) is 7.56. The Morgan fingerprint density at radius 1 is 0.794 bits per heavy atom. The lowest BCUT2D eigenvalue weighted by Gasteiger charge is -2.37. The van der Waals surface area contributed by atoms with Gasteiger partial charge in [0.25, 0.3) is 0 Å². The van der Waals surface area contributed by atoms with Crippen LogP contribution in [0.15, 0.2) is 109 Å². The number of aliphatic carboxylic acids is 1. The molecule has 3 nitrogen and oxygen atoms in total. The van der Waals surface area contributed by atoms with Crippen LogP contribution in [0.25, 0.3) is 11.1 Å². The zero-order valence-electron chi connectivity index (χ0n) is 19.8. The summed E-state index contributed by atoms with van der Waals surface area (Å²) in [5.74, 6) is -0.801. The second-order valence-electron chi connectivity index (χ2n) is 8.80. The zero-order chi connectivity index (χ0) is 23.9. The highest BCUT2D eigenvalue weighted by Gasteiger charge is 2.29. The Hall–Kier alpha value is -3.69. The Morgan fingerprint density at radius 3 is 2.00 bits per heavy atom. The van der Waals surface area contributed by atoms with Crippen LogP contribution in [0.4, 0.5) is 0 Å². The number of hydrogen-bond donors (Lipinski definition) is 1. The predicted octanol–water partition coefficient (Wildman–Crippen LogP) is 7.44. The number of nitrogens with zero attached hydrogens (tertiary/aromatic N) is 1. The van der Waals surface area contributed by atoms with Gasteiger partial charge in [-0.15, -0.1) is 0 Å². The van der Waals surface area contributed by atoms with E-state index in [9.17, 15) is 9.90 Å². The van der Waals surface area contributed by atoms with Crippen LogP contribution >= 0.6 is 0 Å². The van der Waals surface area contributed by atoms with E-state index < -0.39 is 5.97 Å². The molecule has 0 radical (unpaired) electrons. The molecule has 0 aliphatic heterocycles. The summed E-state index contributed by atoms with van der Waals surface area (Å²) in [5, 5.41) is 9.93. The topological polar surface area (TPSA) is 40.5 Å². The first-order valence-corrected chi connectivity index (χ1v) is 11.8. The average molecular weight is 450 g/mol. The van der Waals surface area contributed by atoms with Gasteiger partial charge in [-0.1, -0.05) is 103 Å². The minimum absolute atomic E-state index is 0.0291. The summed E-state index contributed by atoms with van der Waals surface area (Å²) < 4.78 is 0. The molecule has 0 spiro atoms. The fourth-order valence-corrected chi connectivity index (χ4v) is 4.60. The van der Waals surface area contributed by atoms with Gasteiger partial charge in [-0.2, -0.15) is 0 Å². The van der Waals surface area contributed by atoms with Crippen molar-refractivity contribution >= 4 is 5.97 Å². The second-order valence-corrected chi connectivity index (χ2v) is 8.80. The van der Waals surface area contributed by atoms with Crippen LogP contribution in [0.3, 0.4) is 0 Å². The molecule has 0 saturated heterocycles. The fraction of sp³-hybridized carbons (Fsp3) is 0.194. The van der Waals surface area contributed by atoms with Crippen molar-refractivity contribution in [2.75, 3.05) is 0 Å². The van der Waals surface area contributed by atoms with E-state index in [4.69, 9.17) is 0 Å². The highest BCUT2D eigenvalue weighted by atomic mass is 16.4. The van der Waals surface area contributed by atoms with Crippen LogP contribution in [0.2, 0.25) is 0 Å². The van der Waals surface area contributed by atoms with Gasteiger partial charge in [-0.3, -0.25) is 9.69 Å². The summed E-state index contributed by atoms with van der Waals surface area (Å²) in [6.45, 7) is 4.93. The molecule has 0 amide bonds. The maximum absolute atomic E-state index is 12.1. The lowest BCUT2D eigenvalue weighted by Crippen LogP contribution is -2.32. The van der Waals surface area contributed by atoms with Crippen LogP contribution in [-0.2, 0) is 11.3 Å². The first-order chi connectivity index (χ1) is 16.5. The largest absolute Gasteiger partial charge is 0.481 e. The lowest BCUT2D eigenvalue weighted by atomic mass is 9.92. The van der Waals surface area contributed by atoms with E-state index >= 15 is 0 Å². The summed E-state index contributed by atoms with van der Waals surface area (Å²) in [6.07, 6.45) is 0.0291. The maximum Gasteiger partial charge on any atom is 0.305 e. The molecule has 1 unspecified atom stereocenters. The fourth-order valence-electron chi connectivity index (χ4n) is 4.60. The second kappa shape index (κ2) is 11.0. The van der Waals surface area contributed by atoms with E-state index in [1.54, 1.807) is 0 Å². The van der Waals surface area contributed by atoms with Crippen molar-refractivity contribution in [3.05, 3.63) is 131 Å². The van der Waals surface area contributed by atoms with Gasteiger partial charge in [0, 0.05) is 18.6 Å². The number of hydrogen-bond acceptors (Lipinski definition) is 2. The van der Waals surface area contributed by atoms with Gasteiger partial charge in [-0.05, 0) is 53.3 Å². The van der Waals surface area contributed by atoms with Crippen molar-refractivity contribution < 1.29 is 9.90 Å². The molecule has 4 aromatic rings. The van der Waals surface area contributed by atoms with Crippen molar-refractivity contribution in [1.29, 1.82) is 0 Å². The van der Waals surface area contributed by atoms with Gasteiger partial charge in [0.1, 0.15) is 0 Å². The smallest absolute Gasteiger partial charge is 0.305 e. The summed E-state index contributed by atoms with van der Waals surface area (Å²) in [5.41, 5.74) is 6.81. The van der Waals surface area contributed by atoms with Crippen LogP contribution < -0.4 is 0 Å². The molecule has 172 valence electrons. The molecule has 1 N–H and O–H groups in total. The first-order valence-electron chi connectivity index (χ1n) is 11.8. The number of aryl methyl sites for hydroxylation is 1. The van der Waals surface area contributed by atoms with E-state index in [1.165, 1.54) is 11.1 Å². The Bertz CT molecular complexity index is 1210. The van der Waals surface area contributed by atoms with E-state index in [1.807, 2.05) is 54.6 Å². The molecule has 34 heavy (non-hydrogen) atoms. The molecule has 0 bridgehead atoms. The summed E-state index contributed by atoms with van der Waals surface area (Å²) in [4.78, 5) is 14.4. The Balaban J connectivity index is 1.80. The molecule has 0 heterocycles. The van der Waals surface area contributed by atoms with Crippen LogP contribution in [0.1, 0.15) is 47.7 Å². The molecule has 0 aliphatic rings. The van der Waals surface area contributed by atoms with E-state index in [-0.39, 0.29) is 18.5 Å². The number of carboxylic acids is 1. The van der Waals surface area contributed by atoms with Gasteiger partial charge in [-0.25, -0.2) is 0 Å². The minimum Gasteiger partial charge on any atom is -0.481 e. The standard InChI is InChI=1S/C31H31NO2/c1-23-18-19-28(20-29(23)27-16-10-5-11-17-27)30(21-31(33)34)32(22-25-12-6-3-7-13-25)24(2)26-14-8-4-9-15-26/h3-20,24,30H,21-22H2,1-2H3,(H,33,34)/t24-,30?/m1/s1. The third-order valence-electron chi connectivity index (χ3n) is 6.49. The quantitative estimate of drug-likeness (QED) is 0.289. The third-order valence-corrected chi connectivity index (χ3v) is 6.49. The molecule has 0 fully saturated rings. The molecule has 0 aromatic heterocycles. The summed E-state index contributed by atoms with van der Waals surface area (Å²) in [7, 11) is 0. The van der Waals surface area contributed by atoms with Crippen molar-refractivity contribution in [1.82, 2.24) is 4.90 Å². The van der Waals surface area contributed by atoms with Gasteiger partial charge in [0.05, 0.1) is 6.42 Å². The monoisotopic (exact) mass is 449 g/mol. The van der Waals surface area contributed by atoms with Gasteiger partial charge in [0.15, 0.2) is 0 Å². The van der Waals surface area contributed by atoms with Crippen molar-refractivity contribution in [3.63, 3.8) is 0 Å². The highest BCUT2D eigenvalue weighted by molar-refractivity contribution is 5.70. The average Bonchev–Trinajstić information content (AvgIpc) is 2.87. The summed E-state index contributed by atoms with van der Waals surface area (Å²) in [6, 6.07) is 37.0. The van der Waals surface area contributed by atoms with Crippen LogP contribution in [0.5, 0.6) is 0 Å². The SMILES string of the molecule is Cc1ccc(C(CC(=O)O)N(Cc2ccccc2)[C@H](C)c2ccccc2)cc1-c1ccccc1. The number of carboxylic acid groups (broad SMARTS) is 1. The molecule has 4 rings (SSSR count). The van der Waals surface area contributed by atoms with E-state index in [0.717, 1.165) is 22.3 Å². The van der Waals surface area contributed by atoms with E-state index in [2.05, 4.69) is 73.3 Å². The van der Waals surface area contributed by atoms with Crippen molar-refractivity contribution in [2.45, 2.75) is 38.9 Å². The predicted molar refractivity (Wildman–Crippen MR) is 138 cm³/mol. The maximum atomic E-state index is 12.1. The van der Waals surface area contributed by atoms with E-state index in [0.29, 0.717) is 6.54 Å². The van der Waals surface area contributed by atoms with Crippen LogP contribution in [0, 0.1) is 6.92 Å². The molecule has 0 aliphatic carbocycles. The third kappa shape index (κ3) is 5.62. The van der Waals surface area contributed by atoms with Gasteiger partial charge < -0.3 is 5.11 Å². The normalized spacial score (nSPS) is 12.9. The van der Waals surface area contributed by atoms with Crippen molar-refractivity contribution in [2.24, 2.45) is 0 Å². The number of benzene rings is 4. The van der Waals surface area contributed by atoms with Crippen LogP contribution in [-0.4, -0.2) is 16.0 Å². The minimum atomic E-state index is -0.801. The molecular formula is C31H31NO2. The Morgan fingerprint density at radius 2 is 1.38 bits per heavy atom. The molecule has 0 saturated carbocycles. The highest BCUT2D eigenvalue weighted by Crippen LogP contribution is 2.37. The lowest BCUT2D eigenvalue weighted by molar-refractivity contribution is -0.138. The Labute approximate surface area is 202 Å².